The first-order valence-electron chi connectivity index (χ1n) is 22.3. The van der Waals surface area contributed by atoms with Crippen LogP contribution in [0.3, 0.4) is 0 Å². The van der Waals surface area contributed by atoms with Crippen LogP contribution in [0.1, 0.15) is 17.5 Å². The molecule has 0 N–H and O–H groups in total. The van der Waals surface area contributed by atoms with E-state index in [0.717, 1.165) is 35.6 Å². The summed E-state index contributed by atoms with van der Waals surface area (Å²) in [4.78, 5) is 2.41. The van der Waals surface area contributed by atoms with Crippen molar-refractivity contribution in [3.63, 3.8) is 0 Å². The fraction of sp³-hybridized carbons (Fsp3) is 0.0323. The molecule has 1 aliphatic rings. The van der Waals surface area contributed by atoms with Gasteiger partial charge < -0.3 is 9.47 Å². The van der Waals surface area contributed by atoms with E-state index >= 15 is 0 Å². The summed E-state index contributed by atoms with van der Waals surface area (Å²) in [6.45, 7) is 0. The lowest BCUT2D eigenvalue weighted by molar-refractivity contribution is 0.988. The molecule has 2 nitrogen and oxygen atoms in total. The highest BCUT2D eigenvalue weighted by molar-refractivity contribution is 6.23. The maximum Gasteiger partial charge on any atom is 0.0553 e. The Morgan fingerprint density at radius 1 is 0.391 bits per heavy atom. The molecule has 0 amide bonds. The summed E-state index contributed by atoms with van der Waals surface area (Å²) in [6.07, 6.45) is 6.74. The molecule has 1 aliphatic carbocycles. The lowest BCUT2D eigenvalue weighted by Gasteiger charge is -2.27. The van der Waals surface area contributed by atoms with E-state index in [1.807, 2.05) is 0 Å². The predicted octanol–water partition coefficient (Wildman–Crippen LogP) is 17.0. The molecule has 0 fully saturated rings. The molecule has 0 bridgehead atoms. The average Bonchev–Trinajstić information content (AvgIpc) is 3.70. The van der Waals surface area contributed by atoms with Crippen LogP contribution in [0.15, 0.2) is 237 Å². The zero-order valence-electron chi connectivity index (χ0n) is 35.4. The Labute approximate surface area is 374 Å². The Morgan fingerprint density at radius 2 is 0.984 bits per heavy atom. The third kappa shape index (κ3) is 6.60. The van der Waals surface area contributed by atoms with Crippen LogP contribution in [0, 0.1) is 0 Å². The number of hydrogen-bond donors (Lipinski definition) is 0. The van der Waals surface area contributed by atoms with E-state index in [1.54, 1.807) is 0 Å². The molecule has 0 spiro atoms. The van der Waals surface area contributed by atoms with Gasteiger partial charge in [-0.2, -0.15) is 0 Å². The average molecular weight is 817 g/mol. The first-order chi connectivity index (χ1) is 31.7. The van der Waals surface area contributed by atoms with Gasteiger partial charge in [0.05, 0.1) is 11.0 Å². The summed E-state index contributed by atoms with van der Waals surface area (Å²) in [7, 11) is 0. The standard InChI is InChI=1S/C62H44N2/c1-3-16-43(17-4-1)48-21-13-25-53(40-48)63(52-38-36-45(37-39-52)44-32-34-47(35-33-44)56-30-15-20-46-18-7-9-27-55(46)56)54-26-14-22-50(41-54)61-57-28-10-8-19-49(57)42-60-62(61)58-29-11-12-31-59(58)64(60)51-23-5-2-6-24-51/h1-8,10-26,28-42H,9,27H2. The molecule has 0 saturated carbocycles. The molecule has 2 heteroatoms. The molecular formula is C62H44N2. The normalized spacial score (nSPS) is 12.2. The summed E-state index contributed by atoms with van der Waals surface area (Å²) in [6, 6.07) is 84.4. The zero-order valence-corrected chi connectivity index (χ0v) is 35.4. The maximum atomic E-state index is 2.42. The summed E-state index contributed by atoms with van der Waals surface area (Å²) >= 11 is 0. The topological polar surface area (TPSA) is 8.17 Å². The van der Waals surface area contributed by atoms with E-state index < -0.39 is 0 Å². The predicted molar refractivity (Wildman–Crippen MR) is 272 cm³/mol. The lowest BCUT2D eigenvalue weighted by Crippen LogP contribution is -2.10. The van der Waals surface area contributed by atoms with Gasteiger partial charge in [-0.05, 0) is 140 Å². The smallest absolute Gasteiger partial charge is 0.0553 e. The van der Waals surface area contributed by atoms with Crippen molar-refractivity contribution in [3.8, 4) is 50.2 Å². The first kappa shape index (κ1) is 37.6. The molecule has 0 atom stereocenters. The zero-order chi connectivity index (χ0) is 42.4. The molecule has 0 radical (unpaired) electrons. The van der Waals surface area contributed by atoms with Crippen molar-refractivity contribution < 1.29 is 0 Å². The van der Waals surface area contributed by atoms with Crippen LogP contribution in [0.2, 0.25) is 0 Å². The monoisotopic (exact) mass is 816 g/mol. The second-order valence-corrected chi connectivity index (χ2v) is 16.8. The molecule has 64 heavy (non-hydrogen) atoms. The minimum absolute atomic E-state index is 1.09. The van der Waals surface area contributed by atoms with E-state index in [1.165, 1.54) is 88.2 Å². The van der Waals surface area contributed by atoms with Crippen LogP contribution >= 0.6 is 0 Å². The third-order valence-electron chi connectivity index (χ3n) is 13.0. The number of fused-ring (bicyclic) bond motifs is 5. The lowest BCUT2D eigenvalue weighted by atomic mass is 9.89. The fourth-order valence-corrected chi connectivity index (χ4v) is 10.0. The molecule has 0 unspecified atom stereocenters. The number of hydrogen-bond acceptors (Lipinski definition) is 1. The van der Waals surface area contributed by atoms with Gasteiger partial charge in [-0.15, -0.1) is 0 Å². The van der Waals surface area contributed by atoms with Crippen molar-refractivity contribution >= 4 is 55.7 Å². The molecule has 302 valence electrons. The number of nitrogens with zero attached hydrogens (tertiary/aromatic N) is 2. The fourth-order valence-electron chi connectivity index (χ4n) is 10.0. The Hall–Kier alpha value is -8.20. The highest BCUT2D eigenvalue weighted by Gasteiger charge is 2.21. The van der Waals surface area contributed by atoms with Crippen molar-refractivity contribution in [2.75, 3.05) is 4.90 Å². The summed E-state index contributed by atoms with van der Waals surface area (Å²) < 4.78 is 2.42. The van der Waals surface area contributed by atoms with Crippen LogP contribution in [-0.2, 0) is 6.42 Å². The van der Waals surface area contributed by atoms with Crippen molar-refractivity contribution in [2.24, 2.45) is 0 Å². The Bertz CT molecular complexity index is 3520. The minimum Gasteiger partial charge on any atom is -0.310 e. The van der Waals surface area contributed by atoms with Crippen LogP contribution in [0.4, 0.5) is 17.1 Å². The van der Waals surface area contributed by atoms with Gasteiger partial charge in [0.1, 0.15) is 0 Å². The van der Waals surface area contributed by atoms with Crippen LogP contribution < -0.4 is 4.90 Å². The number of allylic oxidation sites excluding steroid dienone is 1. The minimum atomic E-state index is 1.09. The number of anilines is 3. The number of rotatable bonds is 8. The van der Waals surface area contributed by atoms with E-state index in [9.17, 15) is 0 Å². The van der Waals surface area contributed by atoms with Crippen molar-refractivity contribution in [3.05, 3.63) is 248 Å². The van der Waals surface area contributed by atoms with E-state index in [0.29, 0.717) is 0 Å². The van der Waals surface area contributed by atoms with Gasteiger partial charge in [-0.3, -0.25) is 0 Å². The highest BCUT2D eigenvalue weighted by atomic mass is 15.1. The highest BCUT2D eigenvalue weighted by Crippen LogP contribution is 2.45. The summed E-state index contributed by atoms with van der Waals surface area (Å²) in [5.41, 5.74) is 19.4. The van der Waals surface area contributed by atoms with Gasteiger partial charge >= 0.3 is 0 Å². The molecule has 0 aliphatic heterocycles. The van der Waals surface area contributed by atoms with E-state index in [4.69, 9.17) is 0 Å². The Balaban J connectivity index is 0.999. The molecule has 1 aromatic heterocycles. The van der Waals surface area contributed by atoms with Crippen molar-refractivity contribution in [1.29, 1.82) is 0 Å². The largest absolute Gasteiger partial charge is 0.310 e. The molecular weight excluding hydrogens is 773 g/mol. The van der Waals surface area contributed by atoms with Gasteiger partial charge in [0.25, 0.3) is 0 Å². The van der Waals surface area contributed by atoms with Gasteiger partial charge in [-0.25, -0.2) is 0 Å². The molecule has 12 rings (SSSR count). The van der Waals surface area contributed by atoms with Crippen LogP contribution in [0.5, 0.6) is 0 Å². The summed E-state index contributed by atoms with van der Waals surface area (Å²) in [5.74, 6) is 0. The van der Waals surface area contributed by atoms with Crippen molar-refractivity contribution in [1.82, 2.24) is 4.57 Å². The maximum absolute atomic E-state index is 2.42. The van der Waals surface area contributed by atoms with Gasteiger partial charge in [0.2, 0.25) is 0 Å². The van der Waals surface area contributed by atoms with Crippen LogP contribution in [0.25, 0.3) is 88.8 Å². The van der Waals surface area contributed by atoms with Gasteiger partial charge in [0.15, 0.2) is 0 Å². The quantitative estimate of drug-likeness (QED) is 0.148. The molecule has 0 saturated heterocycles. The first-order valence-corrected chi connectivity index (χ1v) is 22.3. The van der Waals surface area contributed by atoms with Gasteiger partial charge in [-0.1, -0.05) is 182 Å². The van der Waals surface area contributed by atoms with Gasteiger partial charge in [0, 0.05) is 33.5 Å². The van der Waals surface area contributed by atoms with E-state index in [-0.39, 0.29) is 0 Å². The Morgan fingerprint density at radius 3 is 1.77 bits per heavy atom. The molecule has 11 aromatic rings. The number of para-hydroxylation sites is 2. The second-order valence-electron chi connectivity index (χ2n) is 16.8. The summed E-state index contributed by atoms with van der Waals surface area (Å²) in [5, 5.41) is 4.95. The van der Waals surface area contributed by atoms with E-state index in [2.05, 4.69) is 252 Å². The number of aromatic nitrogens is 1. The molecule has 1 heterocycles. The van der Waals surface area contributed by atoms with Crippen LogP contribution in [-0.4, -0.2) is 4.57 Å². The second kappa shape index (κ2) is 15.9. The SMILES string of the molecule is C1=Cc2cccc(-c3ccc(-c4ccc(N(c5cccc(-c6ccccc6)c5)c5cccc(-c6c7ccccc7cc7c6c6ccccc6n7-c6ccccc6)c5)cc4)cc3)c2CC1. The van der Waals surface area contributed by atoms with Crippen molar-refractivity contribution in [2.45, 2.75) is 12.8 Å². The third-order valence-corrected chi connectivity index (χ3v) is 13.0. The Kier molecular flexibility index (Phi) is 9.34. The molecule has 10 aromatic carbocycles. The number of benzene rings is 10.